The molecule has 0 aliphatic heterocycles. The van der Waals surface area contributed by atoms with Gasteiger partial charge in [-0.3, -0.25) is 0 Å². The number of aliphatic hydroxyl groups excluding tert-OH is 1. The van der Waals surface area contributed by atoms with Crippen LogP contribution in [0.2, 0.25) is 0 Å². The first-order valence-electron chi connectivity index (χ1n) is 5.60. The Balaban J connectivity index is 2.15. The fraction of sp³-hybridized carbons (Fsp3) is 0.800. The van der Waals surface area contributed by atoms with E-state index >= 15 is 0 Å². The lowest BCUT2D eigenvalue weighted by Gasteiger charge is -2.24. The molecule has 5 heteroatoms. The van der Waals surface area contributed by atoms with Crippen LogP contribution in [-0.2, 0) is 0 Å². The summed E-state index contributed by atoms with van der Waals surface area (Å²) in [6, 6.07) is 0.449. The van der Waals surface area contributed by atoms with Gasteiger partial charge in [0.05, 0.1) is 0 Å². The number of aromatic nitrogens is 3. The standard InChI is InChI=1S/C10H18N4O/c11-6-9(15)10-13-12-7-14(10)8-4-2-1-3-5-8/h7-9,15H,1-6,11H2/t9-/m0/s1. The van der Waals surface area contributed by atoms with Crippen molar-refractivity contribution in [1.29, 1.82) is 0 Å². The predicted octanol–water partition coefficient (Wildman–Crippen LogP) is 0.775. The molecule has 0 radical (unpaired) electrons. The summed E-state index contributed by atoms with van der Waals surface area (Å²) in [7, 11) is 0. The molecule has 15 heavy (non-hydrogen) atoms. The molecule has 0 saturated heterocycles. The second-order valence-corrected chi connectivity index (χ2v) is 4.14. The number of rotatable bonds is 3. The van der Waals surface area contributed by atoms with Crippen molar-refractivity contribution >= 4 is 0 Å². The minimum absolute atomic E-state index is 0.200. The lowest BCUT2D eigenvalue weighted by Crippen LogP contribution is -2.20. The first-order valence-corrected chi connectivity index (χ1v) is 5.60. The van der Waals surface area contributed by atoms with E-state index in [-0.39, 0.29) is 6.54 Å². The monoisotopic (exact) mass is 210 g/mol. The van der Waals surface area contributed by atoms with Crippen LogP contribution in [0.1, 0.15) is 50.1 Å². The Morgan fingerprint density at radius 1 is 1.47 bits per heavy atom. The van der Waals surface area contributed by atoms with Crippen molar-refractivity contribution in [2.45, 2.75) is 44.2 Å². The van der Waals surface area contributed by atoms with Gasteiger partial charge in [0.1, 0.15) is 12.4 Å². The zero-order chi connectivity index (χ0) is 10.7. The molecule has 1 atom stereocenters. The van der Waals surface area contributed by atoms with Gasteiger partial charge in [-0.05, 0) is 12.8 Å². The highest BCUT2D eigenvalue weighted by molar-refractivity contribution is 4.95. The molecule has 0 aromatic carbocycles. The van der Waals surface area contributed by atoms with Crippen LogP contribution < -0.4 is 5.73 Å². The average Bonchev–Trinajstić information content (AvgIpc) is 2.78. The number of hydrogen-bond acceptors (Lipinski definition) is 4. The van der Waals surface area contributed by atoms with E-state index < -0.39 is 6.10 Å². The fourth-order valence-electron chi connectivity index (χ4n) is 2.24. The molecule has 3 N–H and O–H groups in total. The van der Waals surface area contributed by atoms with Crippen LogP contribution in [0.25, 0.3) is 0 Å². The third kappa shape index (κ3) is 2.18. The van der Waals surface area contributed by atoms with Crippen LogP contribution in [0, 0.1) is 0 Å². The molecule has 1 heterocycles. The van der Waals surface area contributed by atoms with Gasteiger partial charge in [-0.25, -0.2) is 0 Å². The first-order chi connectivity index (χ1) is 7.33. The maximum absolute atomic E-state index is 9.68. The normalized spacial score (nSPS) is 20.4. The molecule has 0 bridgehead atoms. The Morgan fingerprint density at radius 2 is 2.20 bits per heavy atom. The molecule has 0 unspecified atom stereocenters. The van der Waals surface area contributed by atoms with Gasteiger partial charge in [0.15, 0.2) is 5.82 Å². The van der Waals surface area contributed by atoms with Gasteiger partial charge in [0.25, 0.3) is 0 Å². The second kappa shape index (κ2) is 4.72. The molecule has 1 aliphatic carbocycles. The second-order valence-electron chi connectivity index (χ2n) is 4.14. The highest BCUT2D eigenvalue weighted by atomic mass is 16.3. The van der Waals surface area contributed by atoms with Crippen molar-refractivity contribution in [3.05, 3.63) is 12.2 Å². The van der Waals surface area contributed by atoms with E-state index in [0.717, 1.165) is 12.8 Å². The molecule has 1 saturated carbocycles. The number of hydrogen-bond donors (Lipinski definition) is 2. The average molecular weight is 210 g/mol. The van der Waals surface area contributed by atoms with Gasteiger partial charge in [-0.1, -0.05) is 19.3 Å². The van der Waals surface area contributed by atoms with Gasteiger partial charge in [0.2, 0.25) is 0 Å². The molecule has 0 spiro atoms. The summed E-state index contributed by atoms with van der Waals surface area (Å²) in [6.45, 7) is 0.200. The number of aliphatic hydroxyl groups is 1. The minimum Gasteiger partial charge on any atom is -0.384 e. The van der Waals surface area contributed by atoms with Gasteiger partial charge in [-0.15, -0.1) is 10.2 Å². The zero-order valence-corrected chi connectivity index (χ0v) is 8.84. The highest BCUT2D eigenvalue weighted by Crippen LogP contribution is 2.29. The lowest BCUT2D eigenvalue weighted by molar-refractivity contribution is 0.165. The van der Waals surface area contributed by atoms with Gasteiger partial charge >= 0.3 is 0 Å². The Kier molecular flexibility index (Phi) is 3.33. The van der Waals surface area contributed by atoms with Crippen LogP contribution in [-0.4, -0.2) is 26.4 Å². The van der Waals surface area contributed by atoms with E-state index in [4.69, 9.17) is 5.73 Å². The van der Waals surface area contributed by atoms with E-state index in [9.17, 15) is 5.11 Å². The number of nitrogens with two attached hydrogens (primary N) is 1. The van der Waals surface area contributed by atoms with Crippen LogP contribution in [0.5, 0.6) is 0 Å². The molecule has 5 nitrogen and oxygen atoms in total. The summed E-state index contributed by atoms with van der Waals surface area (Å²) in [6.07, 6.45) is 7.15. The molecule has 1 aromatic heterocycles. The van der Waals surface area contributed by atoms with Crippen molar-refractivity contribution in [3.63, 3.8) is 0 Å². The molecule has 84 valence electrons. The summed E-state index contributed by atoms with van der Waals surface area (Å²) < 4.78 is 2.00. The molecule has 1 fully saturated rings. The maximum Gasteiger partial charge on any atom is 0.163 e. The molecular formula is C10H18N4O. The van der Waals surface area contributed by atoms with Gasteiger partial charge < -0.3 is 15.4 Å². The summed E-state index contributed by atoms with van der Waals surface area (Å²) in [5.41, 5.74) is 5.43. The van der Waals surface area contributed by atoms with Crippen LogP contribution in [0.15, 0.2) is 6.33 Å². The molecular weight excluding hydrogens is 192 g/mol. The SMILES string of the molecule is NC[C@H](O)c1nncn1C1CCCCC1. The zero-order valence-electron chi connectivity index (χ0n) is 8.84. The Morgan fingerprint density at radius 3 is 2.87 bits per heavy atom. The molecule has 1 aromatic rings. The Hall–Kier alpha value is -0.940. The predicted molar refractivity (Wildman–Crippen MR) is 56.2 cm³/mol. The van der Waals surface area contributed by atoms with E-state index in [1.165, 1.54) is 19.3 Å². The third-order valence-electron chi connectivity index (χ3n) is 3.09. The summed E-state index contributed by atoms with van der Waals surface area (Å²) in [5, 5.41) is 17.5. The number of nitrogens with zero attached hydrogens (tertiary/aromatic N) is 3. The third-order valence-corrected chi connectivity index (χ3v) is 3.09. The van der Waals surface area contributed by atoms with Crippen molar-refractivity contribution in [1.82, 2.24) is 14.8 Å². The Bertz CT molecular complexity index is 306. The largest absolute Gasteiger partial charge is 0.384 e. The molecule has 0 amide bonds. The van der Waals surface area contributed by atoms with Crippen LogP contribution >= 0.6 is 0 Å². The quantitative estimate of drug-likeness (QED) is 0.772. The first kappa shape index (κ1) is 10.6. The van der Waals surface area contributed by atoms with Crippen molar-refractivity contribution in [2.75, 3.05) is 6.54 Å². The summed E-state index contributed by atoms with van der Waals surface area (Å²) in [5.74, 6) is 0.615. The lowest BCUT2D eigenvalue weighted by atomic mass is 9.95. The smallest absolute Gasteiger partial charge is 0.163 e. The van der Waals surface area contributed by atoms with Gasteiger partial charge in [-0.2, -0.15) is 0 Å². The highest BCUT2D eigenvalue weighted by Gasteiger charge is 2.21. The van der Waals surface area contributed by atoms with E-state index in [2.05, 4.69) is 10.2 Å². The maximum atomic E-state index is 9.68. The van der Waals surface area contributed by atoms with E-state index in [1.54, 1.807) is 6.33 Å². The van der Waals surface area contributed by atoms with Crippen molar-refractivity contribution < 1.29 is 5.11 Å². The Labute approximate surface area is 89.3 Å². The van der Waals surface area contributed by atoms with Crippen molar-refractivity contribution in [3.8, 4) is 0 Å². The summed E-state index contributed by atoms with van der Waals surface area (Å²) >= 11 is 0. The van der Waals surface area contributed by atoms with Gasteiger partial charge in [0, 0.05) is 12.6 Å². The van der Waals surface area contributed by atoms with Crippen LogP contribution in [0.4, 0.5) is 0 Å². The van der Waals surface area contributed by atoms with Crippen LogP contribution in [0.3, 0.4) is 0 Å². The van der Waals surface area contributed by atoms with E-state index in [1.807, 2.05) is 4.57 Å². The minimum atomic E-state index is -0.686. The topological polar surface area (TPSA) is 77.0 Å². The fourth-order valence-corrected chi connectivity index (χ4v) is 2.24. The molecule has 2 rings (SSSR count). The van der Waals surface area contributed by atoms with Crippen molar-refractivity contribution in [2.24, 2.45) is 5.73 Å². The summed E-state index contributed by atoms with van der Waals surface area (Å²) in [4.78, 5) is 0. The molecule has 1 aliphatic rings. The van der Waals surface area contributed by atoms with E-state index in [0.29, 0.717) is 11.9 Å².